The third-order valence-electron chi connectivity index (χ3n) is 7.65. The van der Waals surface area contributed by atoms with Crippen molar-refractivity contribution in [3.63, 3.8) is 0 Å². The van der Waals surface area contributed by atoms with Crippen molar-refractivity contribution >= 4 is 20.0 Å². The average Bonchev–Trinajstić information content (AvgIpc) is 3.47. The van der Waals surface area contributed by atoms with Gasteiger partial charge < -0.3 is 14.6 Å². The molecule has 1 N–H and O–H groups in total. The molecule has 0 spiro atoms. The highest BCUT2D eigenvalue weighted by atomic mass is 32.2. The molecule has 1 aliphatic carbocycles. The molecule has 1 aliphatic heterocycles. The number of aliphatic hydroxyl groups excluding tert-OH is 1. The number of methoxy groups -OCH3 is 1. The van der Waals surface area contributed by atoms with Gasteiger partial charge in [0.15, 0.2) is 0 Å². The van der Waals surface area contributed by atoms with Gasteiger partial charge in [0.05, 0.1) is 25.2 Å². The van der Waals surface area contributed by atoms with Gasteiger partial charge in [0.25, 0.3) is 0 Å². The Labute approximate surface area is 238 Å². The first-order chi connectivity index (χ1) is 19.0. The maximum absolute atomic E-state index is 13.7. The molecule has 2 aromatic rings. The number of hydrogen-bond donors (Lipinski definition) is 1. The highest BCUT2D eigenvalue weighted by molar-refractivity contribution is 7.89. The maximum atomic E-state index is 13.7. The molecular weight excluding hydrogens is 552 g/mol. The Kier molecular flexibility index (Phi) is 9.47. The number of ether oxygens (including phenoxy) is 2. The second-order valence-corrected chi connectivity index (χ2v) is 14.5. The highest BCUT2D eigenvalue weighted by Crippen LogP contribution is 2.35. The van der Waals surface area contributed by atoms with Gasteiger partial charge in [-0.2, -0.15) is 8.61 Å². The minimum absolute atomic E-state index is 0.0195. The molecule has 0 bridgehead atoms. The van der Waals surface area contributed by atoms with Crippen LogP contribution < -0.4 is 9.47 Å². The Bertz CT molecular complexity index is 1460. The van der Waals surface area contributed by atoms with Crippen molar-refractivity contribution in [3.8, 4) is 23.3 Å². The van der Waals surface area contributed by atoms with Crippen LogP contribution in [0, 0.1) is 23.7 Å². The fraction of sp³-hybridized carbons (Fsp3) is 0.517. The van der Waals surface area contributed by atoms with E-state index in [0.717, 1.165) is 25.7 Å². The molecule has 4 rings (SSSR count). The molecule has 0 radical (unpaired) electrons. The van der Waals surface area contributed by atoms with E-state index in [-0.39, 0.29) is 35.2 Å². The van der Waals surface area contributed by atoms with E-state index in [9.17, 15) is 21.9 Å². The van der Waals surface area contributed by atoms with Crippen LogP contribution >= 0.6 is 0 Å². The topological polar surface area (TPSA) is 113 Å². The first-order valence-corrected chi connectivity index (χ1v) is 16.4. The maximum Gasteiger partial charge on any atom is 0.247 e. The van der Waals surface area contributed by atoms with Crippen LogP contribution in [0.1, 0.15) is 45.1 Å². The monoisotopic (exact) mass is 590 g/mol. The van der Waals surface area contributed by atoms with E-state index < -0.39 is 38.1 Å². The molecule has 1 heterocycles. The van der Waals surface area contributed by atoms with Crippen molar-refractivity contribution in [2.45, 2.75) is 61.5 Å². The summed E-state index contributed by atoms with van der Waals surface area (Å²) < 4.78 is 68.1. The number of nitrogens with zero attached hydrogens (tertiary/aromatic N) is 2. The Hall–Kier alpha value is -2.62. The Morgan fingerprint density at radius 1 is 1.18 bits per heavy atom. The second kappa shape index (κ2) is 12.5. The smallest absolute Gasteiger partial charge is 0.247 e. The van der Waals surface area contributed by atoms with Gasteiger partial charge in [-0.1, -0.05) is 31.6 Å². The predicted molar refractivity (Wildman–Crippen MR) is 152 cm³/mol. The molecule has 2 aliphatic rings. The van der Waals surface area contributed by atoms with Gasteiger partial charge in [-0.3, -0.25) is 0 Å². The number of rotatable bonds is 7. The molecule has 3 atom stereocenters. The van der Waals surface area contributed by atoms with Crippen LogP contribution in [0.3, 0.4) is 0 Å². The molecule has 9 nitrogen and oxygen atoms in total. The minimum atomic E-state index is -4.01. The van der Waals surface area contributed by atoms with Crippen LogP contribution in [-0.2, 0) is 20.0 Å². The molecular formula is C29H38N2O7S2. The number of aliphatic hydroxyl groups is 1. The normalized spacial score (nSPS) is 22.4. The van der Waals surface area contributed by atoms with Gasteiger partial charge >= 0.3 is 0 Å². The molecule has 0 unspecified atom stereocenters. The largest absolute Gasteiger partial charge is 0.497 e. The van der Waals surface area contributed by atoms with Crippen LogP contribution in [0.2, 0.25) is 0 Å². The van der Waals surface area contributed by atoms with Crippen molar-refractivity contribution < 1.29 is 31.4 Å². The lowest BCUT2D eigenvalue weighted by Gasteiger charge is -2.37. The van der Waals surface area contributed by atoms with Gasteiger partial charge in [0, 0.05) is 37.0 Å². The molecule has 1 fully saturated rings. The fourth-order valence-electron chi connectivity index (χ4n) is 5.06. The van der Waals surface area contributed by atoms with Crippen molar-refractivity contribution in [1.29, 1.82) is 0 Å². The predicted octanol–water partition coefficient (Wildman–Crippen LogP) is 3.33. The Morgan fingerprint density at radius 2 is 1.85 bits per heavy atom. The summed E-state index contributed by atoms with van der Waals surface area (Å²) in [6, 6.07) is 10.2. The van der Waals surface area contributed by atoms with E-state index in [1.54, 1.807) is 31.2 Å². The van der Waals surface area contributed by atoms with Crippen LogP contribution in [0.5, 0.6) is 11.5 Å². The van der Waals surface area contributed by atoms with Crippen molar-refractivity contribution in [2.24, 2.45) is 11.8 Å². The summed E-state index contributed by atoms with van der Waals surface area (Å²) in [6.07, 6.45) is 3.77. The lowest BCUT2D eigenvalue weighted by molar-refractivity contribution is 0.0904. The van der Waals surface area contributed by atoms with Gasteiger partial charge in [0.2, 0.25) is 20.0 Å². The summed E-state index contributed by atoms with van der Waals surface area (Å²) in [5.74, 6) is 7.06. The summed E-state index contributed by atoms with van der Waals surface area (Å²) >= 11 is 0. The summed E-state index contributed by atoms with van der Waals surface area (Å²) in [4.78, 5) is 0.0778. The van der Waals surface area contributed by atoms with Crippen LogP contribution in [0.15, 0.2) is 52.3 Å². The molecule has 0 amide bonds. The number of likely N-dealkylation sites (N-methyl/N-ethyl adjacent to an activating group) is 1. The van der Waals surface area contributed by atoms with Gasteiger partial charge in [0.1, 0.15) is 22.5 Å². The van der Waals surface area contributed by atoms with E-state index >= 15 is 0 Å². The standard InChI is InChI=1S/C29H38N2O7S2/c1-21-18-31(22(2)20-32)40(35,36)29-16-11-24(10-9-23-7-5-6-8-23)17-27(29)38-28(21)19-30(3)39(33,34)26-14-12-25(37-4)13-15-26/h11-17,21-23,28,32H,5-8,18-20H2,1-4H3/t21-,22-,28-/m0/s1. The van der Waals surface area contributed by atoms with Gasteiger partial charge in [-0.05, 0) is 62.2 Å². The third-order valence-corrected chi connectivity index (χ3v) is 11.5. The van der Waals surface area contributed by atoms with Gasteiger partial charge in [-0.25, -0.2) is 16.8 Å². The van der Waals surface area contributed by atoms with E-state index in [2.05, 4.69) is 11.8 Å². The van der Waals surface area contributed by atoms with Gasteiger partial charge in [-0.15, -0.1) is 0 Å². The lowest BCUT2D eigenvalue weighted by atomic mass is 10.0. The quantitative estimate of drug-likeness (QED) is 0.492. The zero-order chi connectivity index (χ0) is 29.1. The van der Waals surface area contributed by atoms with Crippen LogP contribution in [0.25, 0.3) is 0 Å². The fourth-order valence-corrected chi connectivity index (χ4v) is 8.06. The molecule has 0 aromatic heterocycles. The summed E-state index contributed by atoms with van der Waals surface area (Å²) in [5, 5.41) is 9.86. The van der Waals surface area contributed by atoms with E-state index in [1.165, 1.54) is 41.0 Å². The zero-order valence-corrected chi connectivity index (χ0v) is 25.0. The number of hydrogen-bond acceptors (Lipinski definition) is 7. The highest BCUT2D eigenvalue weighted by Gasteiger charge is 2.39. The first-order valence-electron chi connectivity index (χ1n) is 13.5. The minimum Gasteiger partial charge on any atom is -0.497 e. The average molecular weight is 591 g/mol. The SMILES string of the molecule is COc1ccc(S(=O)(=O)N(C)C[C@@H]2Oc3cc(C#CC4CCCC4)ccc3S(=O)(=O)N([C@@H](C)CO)C[C@@H]2C)cc1. The van der Waals surface area contributed by atoms with Crippen molar-refractivity contribution in [3.05, 3.63) is 48.0 Å². The summed E-state index contributed by atoms with van der Waals surface area (Å²) in [7, 11) is -4.89. The Morgan fingerprint density at radius 3 is 2.48 bits per heavy atom. The number of sulfonamides is 2. The summed E-state index contributed by atoms with van der Waals surface area (Å²) in [6.45, 7) is 3.13. The van der Waals surface area contributed by atoms with E-state index in [4.69, 9.17) is 9.47 Å². The second-order valence-electron chi connectivity index (χ2n) is 10.6. The molecule has 2 aromatic carbocycles. The molecule has 218 valence electrons. The lowest BCUT2D eigenvalue weighted by Crippen LogP contribution is -2.50. The van der Waals surface area contributed by atoms with Crippen LogP contribution in [-0.4, -0.2) is 76.6 Å². The molecule has 1 saturated carbocycles. The molecule has 40 heavy (non-hydrogen) atoms. The molecule has 0 saturated heterocycles. The van der Waals surface area contributed by atoms with E-state index in [1.807, 2.05) is 6.92 Å². The third kappa shape index (κ3) is 6.47. The molecule has 11 heteroatoms. The van der Waals surface area contributed by atoms with Crippen LogP contribution in [0.4, 0.5) is 0 Å². The van der Waals surface area contributed by atoms with E-state index in [0.29, 0.717) is 17.2 Å². The zero-order valence-electron chi connectivity index (χ0n) is 23.4. The first kappa shape index (κ1) is 30.3. The number of benzene rings is 2. The summed E-state index contributed by atoms with van der Waals surface area (Å²) in [5.41, 5.74) is 0.633. The number of fused-ring (bicyclic) bond motifs is 1. The van der Waals surface area contributed by atoms with Crippen molar-refractivity contribution in [1.82, 2.24) is 8.61 Å². The van der Waals surface area contributed by atoms with Crippen molar-refractivity contribution in [2.75, 3.05) is 33.9 Å². The Balaban J connectivity index is 1.70.